The molecule has 4 rings (SSSR count). The molecular formula is C17H13ClN2O. The fourth-order valence-corrected chi connectivity index (χ4v) is 3.43. The highest BCUT2D eigenvalue weighted by molar-refractivity contribution is 6.33. The van der Waals surface area contributed by atoms with Gasteiger partial charge in [0.05, 0.1) is 23.2 Å². The van der Waals surface area contributed by atoms with Crippen molar-refractivity contribution >= 4 is 17.2 Å². The van der Waals surface area contributed by atoms with Crippen LogP contribution in [-0.2, 0) is 6.42 Å². The second kappa shape index (κ2) is 4.43. The van der Waals surface area contributed by atoms with E-state index in [2.05, 4.69) is 23.0 Å². The van der Waals surface area contributed by atoms with Crippen LogP contribution in [0, 0.1) is 6.92 Å². The van der Waals surface area contributed by atoms with E-state index in [1.807, 2.05) is 18.3 Å². The van der Waals surface area contributed by atoms with E-state index in [0.717, 1.165) is 45.1 Å². The topological polar surface area (TPSA) is 34.5 Å². The zero-order valence-corrected chi connectivity index (χ0v) is 12.5. The Bertz CT molecular complexity index is 929. The molecule has 2 aromatic rings. The van der Waals surface area contributed by atoms with E-state index in [1.165, 1.54) is 5.56 Å². The van der Waals surface area contributed by atoms with Crippen molar-refractivity contribution in [1.82, 2.24) is 4.98 Å². The minimum absolute atomic E-state index is 0.708. The molecule has 0 amide bonds. The highest BCUT2D eigenvalue weighted by Crippen LogP contribution is 2.41. The van der Waals surface area contributed by atoms with E-state index in [4.69, 9.17) is 16.3 Å². The summed E-state index contributed by atoms with van der Waals surface area (Å²) in [6.07, 6.45) is 6.60. The first kappa shape index (κ1) is 12.6. The number of methoxy groups -OCH3 is 1. The van der Waals surface area contributed by atoms with Gasteiger partial charge < -0.3 is 4.74 Å². The van der Waals surface area contributed by atoms with Crippen LogP contribution < -0.4 is 15.3 Å². The van der Waals surface area contributed by atoms with Crippen molar-refractivity contribution in [2.24, 2.45) is 4.99 Å². The van der Waals surface area contributed by atoms with Crippen LogP contribution in [0.2, 0.25) is 5.02 Å². The largest absolute Gasteiger partial charge is 0.496 e. The third-order valence-electron chi connectivity index (χ3n) is 4.15. The van der Waals surface area contributed by atoms with Gasteiger partial charge in [-0.25, -0.2) is 4.99 Å². The number of pyridine rings is 1. The Labute approximate surface area is 127 Å². The standard InChI is InChI=1S/C17H13ClN2O/c1-9-10-3-4-14-17(11-8-19-6-5-13(11)20-14)16(10)12(18)7-15(9)21-2/h4-8H,3H2,1-2H3. The molecule has 0 unspecified atom stereocenters. The summed E-state index contributed by atoms with van der Waals surface area (Å²) >= 11 is 6.54. The van der Waals surface area contributed by atoms with E-state index in [-0.39, 0.29) is 0 Å². The summed E-state index contributed by atoms with van der Waals surface area (Å²) in [5.74, 6) is 0.831. The summed E-state index contributed by atoms with van der Waals surface area (Å²) in [7, 11) is 1.67. The van der Waals surface area contributed by atoms with E-state index < -0.39 is 0 Å². The fourth-order valence-electron chi connectivity index (χ4n) is 3.12. The van der Waals surface area contributed by atoms with Crippen LogP contribution in [0.4, 0.5) is 0 Å². The second-order valence-corrected chi connectivity index (χ2v) is 5.62. The number of benzene rings is 1. The van der Waals surface area contributed by atoms with Gasteiger partial charge in [0.2, 0.25) is 0 Å². The molecule has 0 saturated carbocycles. The van der Waals surface area contributed by atoms with Gasteiger partial charge in [0.1, 0.15) is 5.75 Å². The summed E-state index contributed by atoms with van der Waals surface area (Å²) < 4.78 is 5.42. The van der Waals surface area contributed by atoms with E-state index in [0.29, 0.717) is 5.02 Å². The molecule has 0 fully saturated rings. The molecule has 2 aliphatic rings. The second-order valence-electron chi connectivity index (χ2n) is 5.21. The van der Waals surface area contributed by atoms with Crippen LogP contribution in [0.1, 0.15) is 16.7 Å². The molecule has 21 heavy (non-hydrogen) atoms. The molecular weight excluding hydrogens is 284 g/mol. The normalized spacial score (nSPS) is 14.8. The Morgan fingerprint density at radius 3 is 3.00 bits per heavy atom. The monoisotopic (exact) mass is 296 g/mol. The van der Waals surface area contributed by atoms with Crippen molar-refractivity contribution in [3.63, 3.8) is 0 Å². The van der Waals surface area contributed by atoms with Crippen molar-refractivity contribution in [3.8, 4) is 5.75 Å². The van der Waals surface area contributed by atoms with E-state index in [1.54, 1.807) is 13.3 Å². The predicted molar refractivity (Wildman–Crippen MR) is 82.1 cm³/mol. The van der Waals surface area contributed by atoms with Crippen molar-refractivity contribution in [2.45, 2.75) is 13.3 Å². The summed E-state index contributed by atoms with van der Waals surface area (Å²) in [6.45, 7) is 2.07. The highest BCUT2D eigenvalue weighted by atomic mass is 35.5. The molecule has 1 aliphatic heterocycles. The van der Waals surface area contributed by atoms with Crippen molar-refractivity contribution in [2.75, 3.05) is 7.11 Å². The van der Waals surface area contributed by atoms with Crippen LogP contribution in [0.25, 0.3) is 5.57 Å². The van der Waals surface area contributed by atoms with Crippen LogP contribution in [0.3, 0.4) is 0 Å². The maximum atomic E-state index is 6.54. The number of ether oxygens (including phenoxy) is 1. The van der Waals surface area contributed by atoms with Crippen LogP contribution in [0.5, 0.6) is 5.75 Å². The molecule has 0 atom stereocenters. The third kappa shape index (κ3) is 1.67. The van der Waals surface area contributed by atoms with Gasteiger partial charge in [-0.3, -0.25) is 4.98 Å². The fraction of sp³-hybridized carbons (Fsp3) is 0.176. The van der Waals surface area contributed by atoms with Crippen molar-refractivity contribution < 1.29 is 4.74 Å². The van der Waals surface area contributed by atoms with Gasteiger partial charge >= 0.3 is 0 Å². The van der Waals surface area contributed by atoms with Crippen molar-refractivity contribution in [3.05, 3.63) is 68.6 Å². The summed E-state index contributed by atoms with van der Waals surface area (Å²) in [4.78, 5) is 8.91. The first-order chi connectivity index (χ1) is 10.2. The summed E-state index contributed by atoms with van der Waals surface area (Å²) in [5.41, 5.74) is 5.51. The Morgan fingerprint density at radius 2 is 2.19 bits per heavy atom. The Kier molecular flexibility index (Phi) is 2.66. The molecule has 3 nitrogen and oxygen atoms in total. The molecule has 0 saturated heterocycles. The smallest absolute Gasteiger partial charge is 0.123 e. The molecule has 0 N–H and O–H groups in total. The lowest BCUT2D eigenvalue weighted by molar-refractivity contribution is 0.411. The number of hydrogen-bond acceptors (Lipinski definition) is 3. The van der Waals surface area contributed by atoms with Gasteiger partial charge in [0, 0.05) is 28.7 Å². The SMILES string of the molecule is COc1cc(Cl)c2c(c1C)CC=C1N=c3ccncc3=C12. The van der Waals surface area contributed by atoms with Gasteiger partial charge in [-0.2, -0.15) is 0 Å². The highest BCUT2D eigenvalue weighted by Gasteiger charge is 2.26. The number of fused-ring (bicyclic) bond motifs is 4. The number of aromatic nitrogens is 1. The molecule has 1 aliphatic carbocycles. The van der Waals surface area contributed by atoms with Gasteiger partial charge in [-0.05, 0) is 36.6 Å². The average Bonchev–Trinajstić information content (AvgIpc) is 2.88. The predicted octanol–water partition coefficient (Wildman–Crippen LogP) is 2.32. The van der Waals surface area contributed by atoms with E-state index >= 15 is 0 Å². The quantitative estimate of drug-likeness (QED) is 0.809. The molecule has 104 valence electrons. The van der Waals surface area contributed by atoms with Crippen LogP contribution >= 0.6 is 11.6 Å². The van der Waals surface area contributed by atoms with Crippen molar-refractivity contribution in [1.29, 1.82) is 0 Å². The molecule has 1 aromatic heterocycles. The first-order valence-electron chi connectivity index (χ1n) is 6.80. The lowest BCUT2D eigenvalue weighted by Crippen LogP contribution is -2.24. The average molecular weight is 297 g/mol. The first-order valence-corrected chi connectivity index (χ1v) is 7.18. The maximum Gasteiger partial charge on any atom is 0.123 e. The molecule has 0 radical (unpaired) electrons. The maximum absolute atomic E-state index is 6.54. The molecule has 0 spiro atoms. The number of allylic oxidation sites excluding steroid dienone is 2. The minimum atomic E-state index is 0.708. The minimum Gasteiger partial charge on any atom is -0.496 e. The molecule has 0 bridgehead atoms. The lowest BCUT2D eigenvalue weighted by atomic mass is 9.87. The molecule has 2 heterocycles. The Hall–Kier alpha value is -2.13. The number of nitrogens with zero attached hydrogens (tertiary/aromatic N) is 2. The number of halogens is 1. The van der Waals surface area contributed by atoms with Gasteiger partial charge in [-0.1, -0.05) is 17.7 Å². The number of hydrogen-bond donors (Lipinski definition) is 0. The third-order valence-corrected chi connectivity index (χ3v) is 4.45. The zero-order chi connectivity index (χ0) is 14.6. The Balaban J connectivity index is 2.14. The van der Waals surface area contributed by atoms with E-state index in [9.17, 15) is 0 Å². The molecule has 4 heteroatoms. The molecule has 1 aromatic carbocycles. The van der Waals surface area contributed by atoms with Gasteiger partial charge in [-0.15, -0.1) is 0 Å². The van der Waals surface area contributed by atoms with Crippen LogP contribution in [-0.4, -0.2) is 12.1 Å². The van der Waals surface area contributed by atoms with Crippen LogP contribution in [0.15, 0.2) is 41.3 Å². The van der Waals surface area contributed by atoms with Gasteiger partial charge in [0.25, 0.3) is 0 Å². The lowest BCUT2D eigenvalue weighted by Gasteiger charge is -2.21. The summed E-state index contributed by atoms with van der Waals surface area (Å²) in [6, 6.07) is 3.82. The Morgan fingerprint density at radius 1 is 1.33 bits per heavy atom. The van der Waals surface area contributed by atoms with Gasteiger partial charge in [0.15, 0.2) is 0 Å². The zero-order valence-electron chi connectivity index (χ0n) is 11.8. The number of rotatable bonds is 1. The summed E-state index contributed by atoms with van der Waals surface area (Å²) in [5, 5.41) is 2.72.